The summed E-state index contributed by atoms with van der Waals surface area (Å²) in [4.78, 5) is 31.5. The minimum Gasteiger partial charge on any atom is -0.352 e. The van der Waals surface area contributed by atoms with E-state index in [2.05, 4.69) is 20.4 Å². The minimum absolute atomic E-state index is 0.0957. The molecule has 0 aliphatic carbocycles. The lowest BCUT2D eigenvalue weighted by molar-refractivity contribution is -0.121. The number of carbonyl (C=O) groups is 1. The quantitative estimate of drug-likeness (QED) is 0.449. The number of aromatic nitrogens is 4. The number of thioether (sulfide) groups is 1. The number of nitrogens with one attached hydrogen (secondary N) is 2. The molecule has 0 spiro atoms. The molecular weight excluding hydrogens is 374 g/mol. The van der Waals surface area contributed by atoms with Crippen LogP contribution in [0, 0.1) is 6.92 Å². The van der Waals surface area contributed by atoms with Crippen LogP contribution >= 0.6 is 11.8 Å². The first kappa shape index (κ1) is 19.9. The number of hydrogen-bond acceptors (Lipinski definition) is 5. The van der Waals surface area contributed by atoms with E-state index in [0.29, 0.717) is 35.9 Å². The van der Waals surface area contributed by atoms with Gasteiger partial charge in [-0.15, -0.1) is 0 Å². The van der Waals surface area contributed by atoms with E-state index in [1.807, 2.05) is 47.5 Å². The van der Waals surface area contributed by atoms with Gasteiger partial charge in [0.1, 0.15) is 0 Å². The normalized spacial score (nSPS) is 10.8. The highest BCUT2D eigenvalue weighted by Crippen LogP contribution is 2.11. The van der Waals surface area contributed by atoms with Gasteiger partial charge in [-0.3, -0.25) is 14.3 Å². The van der Waals surface area contributed by atoms with E-state index in [0.717, 1.165) is 11.1 Å². The maximum Gasteiger partial charge on any atom is 0.254 e. The fourth-order valence-electron chi connectivity index (χ4n) is 2.95. The summed E-state index contributed by atoms with van der Waals surface area (Å²) in [6.45, 7) is 2.89. The predicted molar refractivity (Wildman–Crippen MR) is 109 cm³/mol. The minimum atomic E-state index is -0.172. The highest BCUT2D eigenvalue weighted by Gasteiger charge is 2.11. The Morgan fingerprint density at radius 1 is 1.25 bits per heavy atom. The Balaban J connectivity index is 1.58. The van der Waals surface area contributed by atoms with Gasteiger partial charge in [0.25, 0.3) is 5.56 Å². The molecule has 0 fully saturated rings. The van der Waals surface area contributed by atoms with E-state index in [1.165, 1.54) is 11.8 Å². The Bertz CT molecular complexity index is 998. The average Bonchev–Trinajstić information content (AvgIpc) is 3.19. The van der Waals surface area contributed by atoms with Crippen molar-refractivity contribution in [3.8, 4) is 0 Å². The molecule has 0 bridgehead atoms. The van der Waals surface area contributed by atoms with E-state index in [9.17, 15) is 9.59 Å². The number of carbonyl (C=O) groups excluding carboxylic acids is 1. The van der Waals surface area contributed by atoms with Gasteiger partial charge in [0.2, 0.25) is 5.91 Å². The van der Waals surface area contributed by atoms with Crippen LogP contribution in [0.3, 0.4) is 0 Å². The summed E-state index contributed by atoms with van der Waals surface area (Å²) in [6.07, 6.45) is 6.12. The van der Waals surface area contributed by atoms with E-state index >= 15 is 0 Å². The smallest absolute Gasteiger partial charge is 0.254 e. The molecule has 28 heavy (non-hydrogen) atoms. The molecule has 0 saturated carbocycles. The molecule has 0 radical (unpaired) electrons. The number of H-pyrrole nitrogens is 1. The molecule has 2 aromatic heterocycles. The number of nitrogens with zero attached hydrogens (tertiary/aromatic N) is 3. The van der Waals surface area contributed by atoms with Crippen molar-refractivity contribution >= 4 is 17.7 Å². The standard InChI is InChI=1S/C20H23N5O2S/c1-14-17(19(27)24-20(23-14)28-2)8-9-18(26)21-12-15-6-3-4-7-16(15)13-25-11-5-10-22-25/h3-7,10-11H,8-9,12-13H2,1-2H3,(H,21,26)(H,23,24,27). The van der Waals surface area contributed by atoms with Crippen molar-refractivity contribution in [3.05, 3.63) is 75.5 Å². The Kier molecular flexibility index (Phi) is 6.65. The van der Waals surface area contributed by atoms with Gasteiger partial charge in [0, 0.05) is 36.6 Å². The summed E-state index contributed by atoms with van der Waals surface area (Å²) < 4.78 is 1.85. The molecule has 3 rings (SSSR count). The fraction of sp³-hybridized carbons (Fsp3) is 0.300. The molecule has 0 aliphatic heterocycles. The summed E-state index contributed by atoms with van der Waals surface area (Å²) in [5, 5.41) is 7.76. The molecule has 3 aromatic rings. The van der Waals surface area contributed by atoms with Crippen LogP contribution in [0.15, 0.2) is 52.7 Å². The average molecular weight is 398 g/mol. The van der Waals surface area contributed by atoms with Crippen LogP contribution in [0.2, 0.25) is 0 Å². The first-order valence-corrected chi connectivity index (χ1v) is 10.2. The lowest BCUT2D eigenvalue weighted by Gasteiger charge is -2.11. The molecule has 1 amide bonds. The van der Waals surface area contributed by atoms with Gasteiger partial charge >= 0.3 is 0 Å². The second-order valence-electron chi connectivity index (χ2n) is 6.39. The molecular formula is C20H23N5O2S. The number of aromatic amines is 1. The molecule has 2 N–H and O–H groups in total. The Morgan fingerprint density at radius 2 is 2.04 bits per heavy atom. The van der Waals surface area contributed by atoms with Gasteiger partial charge in [-0.25, -0.2) is 4.98 Å². The molecule has 2 heterocycles. The topological polar surface area (TPSA) is 92.7 Å². The number of rotatable bonds is 8. The van der Waals surface area contributed by atoms with Gasteiger partial charge in [-0.1, -0.05) is 36.0 Å². The monoisotopic (exact) mass is 397 g/mol. The highest BCUT2D eigenvalue weighted by atomic mass is 32.2. The van der Waals surface area contributed by atoms with E-state index in [4.69, 9.17) is 0 Å². The van der Waals surface area contributed by atoms with Gasteiger partial charge in [0.05, 0.1) is 6.54 Å². The third kappa shape index (κ3) is 5.10. The molecule has 7 nitrogen and oxygen atoms in total. The summed E-state index contributed by atoms with van der Waals surface area (Å²) in [7, 11) is 0. The zero-order valence-corrected chi connectivity index (χ0v) is 16.8. The number of benzene rings is 1. The lowest BCUT2D eigenvalue weighted by Crippen LogP contribution is -2.25. The Morgan fingerprint density at radius 3 is 2.71 bits per heavy atom. The van der Waals surface area contributed by atoms with Crippen LogP contribution in [0.1, 0.15) is 28.8 Å². The second kappa shape index (κ2) is 9.36. The highest BCUT2D eigenvalue weighted by molar-refractivity contribution is 7.98. The zero-order valence-electron chi connectivity index (χ0n) is 15.9. The van der Waals surface area contributed by atoms with Crippen molar-refractivity contribution in [2.24, 2.45) is 0 Å². The summed E-state index contributed by atoms with van der Waals surface area (Å²) >= 11 is 1.39. The molecule has 0 aliphatic rings. The van der Waals surface area contributed by atoms with Crippen LogP contribution in [-0.2, 0) is 24.3 Å². The SMILES string of the molecule is CSc1nc(C)c(CCC(=O)NCc2ccccc2Cn2cccn2)c(=O)[nH]1. The Hall–Kier alpha value is -2.87. The molecule has 146 valence electrons. The molecule has 8 heteroatoms. The van der Waals surface area contributed by atoms with Crippen molar-refractivity contribution < 1.29 is 4.79 Å². The lowest BCUT2D eigenvalue weighted by atomic mass is 10.1. The fourth-order valence-corrected chi connectivity index (χ4v) is 3.37. The first-order valence-electron chi connectivity index (χ1n) is 9.01. The first-order chi connectivity index (χ1) is 13.6. The van der Waals surface area contributed by atoms with Crippen molar-refractivity contribution in [2.45, 2.75) is 38.0 Å². The molecule has 1 aromatic carbocycles. The third-order valence-corrected chi connectivity index (χ3v) is 5.06. The van der Waals surface area contributed by atoms with Gasteiger partial charge < -0.3 is 10.3 Å². The maximum atomic E-state index is 12.3. The third-order valence-electron chi connectivity index (χ3n) is 4.48. The maximum absolute atomic E-state index is 12.3. The zero-order chi connectivity index (χ0) is 19.9. The second-order valence-corrected chi connectivity index (χ2v) is 7.18. The number of amides is 1. The molecule has 0 unspecified atom stereocenters. The molecule has 0 atom stereocenters. The van der Waals surface area contributed by atoms with E-state index in [1.54, 1.807) is 13.1 Å². The van der Waals surface area contributed by atoms with E-state index in [-0.39, 0.29) is 17.9 Å². The number of aryl methyl sites for hydroxylation is 1. The largest absolute Gasteiger partial charge is 0.352 e. The van der Waals surface area contributed by atoms with Crippen molar-refractivity contribution in [3.63, 3.8) is 0 Å². The van der Waals surface area contributed by atoms with E-state index < -0.39 is 0 Å². The van der Waals surface area contributed by atoms with Crippen LogP contribution in [0.25, 0.3) is 0 Å². The van der Waals surface area contributed by atoms with Crippen LogP contribution in [-0.4, -0.2) is 31.9 Å². The van der Waals surface area contributed by atoms with Crippen molar-refractivity contribution in [1.29, 1.82) is 0 Å². The molecule has 0 saturated heterocycles. The summed E-state index contributed by atoms with van der Waals surface area (Å²) in [5.41, 5.74) is 3.22. The van der Waals surface area contributed by atoms with Crippen LogP contribution in [0.5, 0.6) is 0 Å². The van der Waals surface area contributed by atoms with Crippen LogP contribution < -0.4 is 10.9 Å². The van der Waals surface area contributed by atoms with Crippen LogP contribution in [0.4, 0.5) is 0 Å². The van der Waals surface area contributed by atoms with Crippen molar-refractivity contribution in [2.75, 3.05) is 6.26 Å². The van der Waals surface area contributed by atoms with Crippen molar-refractivity contribution in [1.82, 2.24) is 25.1 Å². The summed E-state index contributed by atoms with van der Waals surface area (Å²) in [5.74, 6) is -0.0957. The number of hydrogen-bond donors (Lipinski definition) is 2. The van der Waals surface area contributed by atoms with Gasteiger partial charge in [0.15, 0.2) is 5.16 Å². The predicted octanol–water partition coefficient (Wildman–Crippen LogP) is 2.29. The summed E-state index contributed by atoms with van der Waals surface area (Å²) in [6, 6.07) is 9.85. The van der Waals surface area contributed by atoms with Gasteiger partial charge in [-0.05, 0) is 36.8 Å². The van der Waals surface area contributed by atoms with Gasteiger partial charge in [-0.2, -0.15) is 5.10 Å². The Labute approximate surface area is 167 Å².